The Hall–Kier alpha value is -2.54. The van der Waals surface area contributed by atoms with E-state index in [-0.39, 0.29) is 12.5 Å². The van der Waals surface area contributed by atoms with Crippen LogP contribution in [0.3, 0.4) is 0 Å². The number of benzene rings is 2. The summed E-state index contributed by atoms with van der Waals surface area (Å²) in [7, 11) is 3.04. The number of carbonyl (C=O) groups excluding carboxylic acids is 2. The smallest absolute Gasteiger partial charge is 0.262 e. The molecule has 0 fully saturated rings. The molecule has 0 bridgehead atoms. The van der Waals surface area contributed by atoms with E-state index >= 15 is 0 Å². The fourth-order valence-corrected chi connectivity index (χ4v) is 2.36. The van der Waals surface area contributed by atoms with Crippen molar-refractivity contribution in [3.8, 4) is 17.2 Å². The summed E-state index contributed by atoms with van der Waals surface area (Å²) >= 11 is 3.27. The van der Waals surface area contributed by atoms with E-state index in [9.17, 15) is 9.59 Å². The van der Waals surface area contributed by atoms with Crippen molar-refractivity contribution in [1.82, 2.24) is 0 Å². The number of carbonyl (C=O) groups is 2. The van der Waals surface area contributed by atoms with Gasteiger partial charge in [-0.05, 0) is 30.3 Å². The van der Waals surface area contributed by atoms with Crippen LogP contribution in [0.2, 0.25) is 0 Å². The molecule has 2 rings (SSSR count). The predicted molar refractivity (Wildman–Crippen MR) is 93.2 cm³/mol. The van der Waals surface area contributed by atoms with Gasteiger partial charge in [0.15, 0.2) is 12.9 Å². The fraction of sp³-hybridized carbons (Fsp3) is 0.176. The number of anilines is 1. The van der Waals surface area contributed by atoms with E-state index in [0.29, 0.717) is 34.8 Å². The van der Waals surface area contributed by atoms with Gasteiger partial charge in [0.1, 0.15) is 17.2 Å². The Balaban J connectivity index is 2.05. The molecule has 24 heavy (non-hydrogen) atoms. The van der Waals surface area contributed by atoms with Crippen molar-refractivity contribution in [1.29, 1.82) is 0 Å². The molecule has 0 spiro atoms. The van der Waals surface area contributed by atoms with Gasteiger partial charge >= 0.3 is 0 Å². The SMILES string of the molecule is COc1ccc(OC)c(NC(=O)COc2ccc(Br)cc2C=O)c1. The van der Waals surface area contributed by atoms with Gasteiger partial charge in [-0.2, -0.15) is 0 Å². The number of nitrogens with one attached hydrogen (secondary N) is 1. The summed E-state index contributed by atoms with van der Waals surface area (Å²) in [5, 5.41) is 2.69. The Bertz CT molecular complexity index is 748. The van der Waals surface area contributed by atoms with E-state index < -0.39 is 0 Å². The summed E-state index contributed by atoms with van der Waals surface area (Å²) in [5.74, 6) is 1.03. The molecular formula is C17H16BrNO5. The highest BCUT2D eigenvalue weighted by atomic mass is 79.9. The van der Waals surface area contributed by atoms with Gasteiger partial charge in [0.05, 0.1) is 25.5 Å². The molecule has 1 N–H and O–H groups in total. The lowest BCUT2D eigenvalue weighted by Crippen LogP contribution is -2.21. The number of ether oxygens (including phenoxy) is 3. The molecule has 0 aliphatic heterocycles. The average Bonchev–Trinajstić information content (AvgIpc) is 2.60. The third-order valence-corrected chi connectivity index (χ3v) is 3.63. The molecule has 0 heterocycles. The van der Waals surface area contributed by atoms with E-state index in [0.717, 1.165) is 4.47 Å². The summed E-state index contributed by atoms with van der Waals surface area (Å²) in [6, 6.07) is 10.0. The van der Waals surface area contributed by atoms with Crippen molar-refractivity contribution in [2.75, 3.05) is 26.1 Å². The Labute approximate surface area is 147 Å². The maximum atomic E-state index is 12.1. The lowest BCUT2D eigenvalue weighted by Gasteiger charge is -2.13. The molecule has 2 aromatic carbocycles. The second-order valence-corrected chi connectivity index (χ2v) is 5.62. The van der Waals surface area contributed by atoms with Crippen LogP contribution >= 0.6 is 15.9 Å². The number of hydrogen-bond acceptors (Lipinski definition) is 5. The van der Waals surface area contributed by atoms with Gasteiger partial charge in [0, 0.05) is 10.5 Å². The van der Waals surface area contributed by atoms with Crippen LogP contribution in [0, 0.1) is 0 Å². The standard InChI is InChI=1S/C17H16BrNO5/c1-22-13-4-6-16(23-2)14(8-13)19-17(21)10-24-15-5-3-12(18)7-11(15)9-20/h3-9H,10H2,1-2H3,(H,19,21). The Morgan fingerprint density at radius 2 is 1.88 bits per heavy atom. The Kier molecular flexibility index (Phi) is 6.20. The molecule has 0 aliphatic rings. The molecule has 2 aromatic rings. The van der Waals surface area contributed by atoms with Crippen LogP contribution in [0.5, 0.6) is 17.2 Å². The van der Waals surface area contributed by atoms with Crippen molar-refractivity contribution in [3.63, 3.8) is 0 Å². The van der Waals surface area contributed by atoms with Crippen molar-refractivity contribution in [2.24, 2.45) is 0 Å². The minimum atomic E-state index is -0.388. The van der Waals surface area contributed by atoms with Crippen LogP contribution in [0.15, 0.2) is 40.9 Å². The maximum absolute atomic E-state index is 12.1. The molecule has 7 heteroatoms. The maximum Gasteiger partial charge on any atom is 0.262 e. The first kappa shape index (κ1) is 17.8. The molecular weight excluding hydrogens is 378 g/mol. The molecule has 0 aromatic heterocycles. The van der Waals surface area contributed by atoms with Gasteiger partial charge in [-0.1, -0.05) is 15.9 Å². The third-order valence-electron chi connectivity index (χ3n) is 3.14. The lowest BCUT2D eigenvalue weighted by atomic mass is 10.2. The van der Waals surface area contributed by atoms with Crippen molar-refractivity contribution >= 4 is 33.8 Å². The van der Waals surface area contributed by atoms with Gasteiger partial charge in [-0.25, -0.2) is 0 Å². The minimum Gasteiger partial charge on any atom is -0.497 e. The van der Waals surface area contributed by atoms with E-state index in [1.807, 2.05) is 0 Å². The molecule has 0 aliphatic carbocycles. The fourth-order valence-electron chi connectivity index (χ4n) is 1.98. The highest BCUT2D eigenvalue weighted by Gasteiger charge is 2.11. The highest BCUT2D eigenvalue weighted by molar-refractivity contribution is 9.10. The molecule has 0 radical (unpaired) electrons. The lowest BCUT2D eigenvalue weighted by molar-refractivity contribution is -0.118. The Morgan fingerprint density at radius 1 is 1.12 bits per heavy atom. The first-order valence-corrected chi connectivity index (χ1v) is 7.76. The number of hydrogen-bond donors (Lipinski definition) is 1. The van der Waals surface area contributed by atoms with Crippen molar-refractivity contribution in [2.45, 2.75) is 0 Å². The molecule has 0 unspecified atom stereocenters. The topological polar surface area (TPSA) is 73.9 Å². The van der Waals surface area contributed by atoms with Crippen LogP contribution in [-0.4, -0.2) is 33.0 Å². The van der Waals surface area contributed by atoms with Crippen molar-refractivity contribution < 1.29 is 23.8 Å². The zero-order valence-electron chi connectivity index (χ0n) is 13.2. The number of amides is 1. The summed E-state index contributed by atoms with van der Waals surface area (Å²) < 4.78 is 16.5. The van der Waals surface area contributed by atoms with Crippen LogP contribution in [0.1, 0.15) is 10.4 Å². The van der Waals surface area contributed by atoms with E-state index in [1.165, 1.54) is 14.2 Å². The van der Waals surface area contributed by atoms with E-state index in [2.05, 4.69) is 21.2 Å². The predicted octanol–water partition coefficient (Wildman–Crippen LogP) is 3.30. The molecule has 6 nitrogen and oxygen atoms in total. The summed E-state index contributed by atoms with van der Waals surface area (Å²) in [5.41, 5.74) is 0.827. The second kappa shape index (κ2) is 8.35. The molecule has 0 saturated carbocycles. The van der Waals surface area contributed by atoms with Gasteiger partial charge in [-0.15, -0.1) is 0 Å². The molecule has 0 atom stereocenters. The number of methoxy groups -OCH3 is 2. The number of halogens is 1. The van der Waals surface area contributed by atoms with Crippen molar-refractivity contribution in [3.05, 3.63) is 46.4 Å². The van der Waals surface area contributed by atoms with Crippen LogP contribution in [0.25, 0.3) is 0 Å². The van der Waals surface area contributed by atoms with E-state index in [4.69, 9.17) is 14.2 Å². The summed E-state index contributed by atoms with van der Waals surface area (Å²) in [6.45, 7) is -0.247. The quantitative estimate of drug-likeness (QED) is 0.730. The minimum absolute atomic E-state index is 0.247. The highest BCUT2D eigenvalue weighted by Crippen LogP contribution is 2.29. The summed E-state index contributed by atoms with van der Waals surface area (Å²) in [4.78, 5) is 23.1. The molecule has 0 saturated heterocycles. The summed E-state index contributed by atoms with van der Waals surface area (Å²) in [6.07, 6.45) is 0.670. The normalized spacial score (nSPS) is 9.96. The van der Waals surface area contributed by atoms with Crippen LogP contribution < -0.4 is 19.5 Å². The van der Waals surface area contributed by atoms with Gasteiger partial charge in [0.25, 0.3) is 5.91 Å². The second-order valence-electron chi connectivity index (χ2n) is 4.70. The first-order valence-electron chi connectivity index (χ1n) is 6.96. The molecule has 126 valence electrons. The van der Waals surface area contributed by atoms with Crippen LogP contribution in [-0.2, 0) is 4.79 Å². The van der Waals surface area contributed by atoms with Gasteiger partial charge < -0.3 is 19.5 Å². The number of rotatable bonds is 7. The van der Waals surface area contributed by atoms with Crippen LogP contribution in [0.4, 0.5) is 5.69 Å². The zero-order valence-corrected chi connectivity index (χ0v) is 14.8. The zero-order chi connectivity index (χ0) is 17.5. The van der Waals surface area contributed by atoms with Gasteiger partial charge in [-0.3, -0.25) is 9.59 Å². The first-order chi connectivity index (χ1) is 11.6. The number of aldehydes is 1. The van der Waals surface area contributed by atoms with E-state index in [1.54, 1.807) is 36.4 Å². The monoisotopic (exact) mass is 393 g/mol. The van der Waals surface area contributed by atoms with Gasteiger partial charge in [0.2, 0.25) is 0 Å². The average molecular weight is 394 g/mol. The third kappa shape index (κ3) is 4.48. The molecule has 1 amide bonds. The largest absolute Gasteiger partial charge is 0.497 e. The Morgan fingerprint density at radius 3 is 2.54 bits per heavy atom.